The third kappa shape index (κ3) is 4.35. The monoisotopic (exact) mass is 421 g/mol. The van der Waals surface area contributed by atoms with Gasteiger partial charge in [-0.25, -0.2) is 14.5 Å². The first-order chi connectivity index (χ1) is 14.9. The SMILES string of the molecule is Cc1nc2c(C(N)=O)cnn2c(C)c1CCC(=O)Nc1ccc(N2CCCCC2)cn1. The van der Waals surface area contributed by atoms with Crippen molar-refractivity contribution in [1.29, 1.82) is 0 Å². The van der Waals surface area contributed by atoms with Gasteiger partial charge in [0, 0.05) is 30.9 Å². The van der Waals surface area contributed by atoms with Crippen molar-refractivity contribution in [2.24, 2.45) is 5.73 Å². The van der Waals surface area contributed by atoms with E-state index in [0.29, 0.717) is 17.9 Å². The lowest BCUT2D eigenvalue weighted by atomic mass is 10.1. The first-order valence-electron chi connectivity index (χ1n) is 10.6. The van der Waals surface area contributed by atoms with Crippen LogP contribution in [0.15, 0.2) is 24.5 Å². The van der Waals surface area contributed by atoms with Gasteiger partial charge in [-0.2, -0.15) is 5.10 Å². The van der Waals surface area contributed by atoms with Crippen LogP contribution in [0.1, 0.15) is 53.0 Å². The largest absolute Gasteiger partial charge is 0.370 e. The van der Waals surface area contributed by atoms with Crippen LogP contribution < -0.4 is 16.0 Å². The number of piperidine rings is 1. The number of primary amides is 1. The van der Waals surface area contributed by atoms with Crippen molar-refractivity contribution in [1.82, 2.24) is 19.6 Å². The van der Waals surface area contributed by atoms with Crippen LogP contribution in [0.25, 0.3) is 5.65 Å². The third-order valence-corrected chi connectivity index (χ3v) is 5.81. The van der Waals surface area contributed by atoms with Gasteiger partial charge in [0.1, 0.15) is 11.4 Å². The Morgan fingerprint density at radius 1 is 1.13 bits per heavy atom. The molecule has 3 N–H and O–H groups in total. The molecular weight excluding hydrogens is 394 g/mol. The summed E-state index contributed by atoms with van der Waals surface area (Å²) in [5, 5.41) is 7.09. The van der Waals surface area contributed by atoms with Gasteiger partial charge < -0.3 is 16.0 Å². The molecule has 0 unspecified atom stereocenters. The summed E-state index contributed by atoms with van der Waals surface area (Å²) >= 11 is 0. The normalized spacial score (nSPS) is 14.1. The molecule has 9 heteroatoms. The summed E-state index contributed by atoms with van der Waals surface area (Å²) in [4.78, 5) is 35.3. The van der Waals surface area contributed by atoms with E-state index in [0.717, 1.165) is 35.7 Å². The van der Waals surface area contributed by atoms with Gasteiger partial charge in [0.2, 0.25) is 5.91 Å². The summed E-state index contributed by atoms with van der Waals surface area (Å²) in [5.41, 5.74) is 9.73. The molecule has 4 heterocycles. The van der Waals surface area contributed by atoms with E-state index in [9.17, 15) is 9.59 Å². The van der Waals surface area contributed by atoms with Crippen molar-refractivity contribution in [2.45, 2.75) is 46.0 Å². The summed E-state index contributed by atoms with van der Waals surface area (Å²) in [7, 11) is 0. The Balaban J connectivity index is 1.40. The minimum Gasteiger partial charge on any atom is -0.370 e. The highest BCUT2D eigenvalue weighted by Crippen LogP contribution is 2.21. The average Bonchev–Trinajstić information content (AvgIpc) is 3.19. The van der Waals surface area contributed by atoms with E-state index >= 15 is 0 Å². The highest BCUT2D eigenvalue weighted by molar-refractivity contribution is 5.98. The predicted octanol–water partition coefficient (Wildman–Crippen LogP) is 2.40. The zero-order valence-electron chi connectivity index (χ0n) is 17.9. The maximum absolute atomic E-state index is 12.5. The Morgan fingerprint density at radius 2 is 1.90 bits per heavy atom. The van der Waals surface area contributed by atoms with Crippen molar-refractivity contribution in [3.8, 4) is 0 Å². The molecule has 0 saturated carbocycles. The molecule has 0 bridgehead atoms. The van der Waals surface area contributed by atoms with Crippen LogP contribution in [0.4, 0.5) is 11.5 Å². The zero-order chi connectivity index (χ0) is 22.0. The number of fused-ring (bicyclic) bond motifs is 1. The van der Waals surface area contributed by atoms with Gasteiger partial charge in [-0.05, 0) is 57.2 Å². The number of nitrogens with one attached hydrogen (secondary N) is 1. The first kappa shape index (κ1) is 20.8. The number of hydrogen-bond donors (Lipinski definition) is 2. The lowest BCUT2D eigenvalue weighted by Gasteiger charge is -2.28. The summed E-state index contributed by atoms with van der Waals surface area (Å²) < 4.78 is 1.60. The molecule has 4 rings (SSSR count). The van der Waals surface area contributed by atoms with Gasteiger partial charge in [0.05, 0.1) is 18.1 Å². The van der Waals surface area contributed by atoms with Crippen molar-refractivity contribution in [3.05, 3.63) is 47.0 Å². The minimum absolute atomic E-state index is 0.115. The molecule has 0 radical (unpaired) electrons. The number of anilines is 2. The fourth-order valence-corrected chi connectivity index (χ4v) is 4.09. The van der Waals surface area contributed by atoms with E-state index < -0.39 is 5.91 Å². The van der Waals surface area contributed by atoms with E-state index in [-0.39, 0.29) is 17.9 Å². The average molecular weight is 422 g/mol. The first-order valence-corrected chi connectivity index (χ1v) is 10.6. The molecule has 1 aliphatic heterocycles. The molecule has 31 heavy (non-hydrogen) atoms. The number of aromatic nitrogens is 4. The number of rotatable bonds is 6. The van der Waals surface area contributed by atoms with E-state index in [4.69, 9.17) is 5.73 Å². The topological polar surface area (TPSA) is 119 Å². The minimum atomic E-state index is -0.563. The fourth-order valence-electron chi connectivity index (χ4n) is 4.09. The van der Waals surface area contributed by atoms with Gasteiger partial charge in [-0.3, -0.25) is 9.59 Å². The predicted molar refractivity (Wildman–Crippen MR) is 118 cm³/mol. The number of pyridine rings is 1. The Morgan fingerprint density at radius 3 is 2.58 bits per heavy atom. The maximum Gasteiger partial charge on any atom is 0.254 e. The number of nitrogens with zero attached hydrogens (tertiary/aromatic N) is 5. The number of hydrogen-bond acceptors (Lipinski definition) is 6. The standard InChI is InChI=1S/C22H27N7O2/c1-14-17(15(2)29-22(26-14)18(13-25-29)21(23)31)7-9-20(30)27-19-8-6-16(12-24-19)28-10-4-3-5-11-28/h6,8,12-13H,3-5,7,9-11H2,1-2H3,(H2,23,31)(H,24,27,30). The second-order valence-corrected chi connectivity index (χ2v) is 7.92. The molecule has 2 amide bonds. The zero-order valence-corrected chi connectivity index (χ0v) is 17.9. The molecule has 9 nitrogen and oxygen atoms in total. The van der Waals surface area contributed by atoms with E-state index in [2.05, 4.69) is 25.3 Å². The van der Waals surface area contributed by atoms with Gasteiger partial charge in [-0.1, -0.05) is 0 Å². The molecule has 1 aliphatic rings. The molecule has 162 valence electrons. The Bertz CT molecular complexity index is 1120. The van der Waals surface area contributed by atoms with Gasteiger partial charge in [-0.15, -0.1) is 0 Å². The van der Waals surface area contributed by atoms with Crippen molar-refractivity contribution < 1.29 is 9.59 Å². The molecule has 3 aromatic rings. The summed E-state index contributed by atoms with van der Waals surface area (Å²) in [6.07, 6.45) is 7.74. The maximum atomic E-state index is 12.5. The number of carbonyl (C=O) groups is 2. The Hall–Kier alpha value is -3.49. The van der Waals surface area contributed by atoms with Gasteiger partial charge in [0.25, 0.3) is 5.91 Å². The number of amides is 2. The number of carbonyl (C=O) groups excluding carboxylic acids is 2. The molecule has 0 spiro atoms. The summed E-state index contributed by atoms with van der Waals surface area (Å²) in [6.45, 7) is 5.87. The Kier molecular flexibility index (Phi) is 5.83. The fraction of sp³-hybridized carbons (Fsp3) is 0.409. The molecular formula is C22H27N7O2. The molecule has 1 fully saturated rings. The Labute approximate surface area is 180 Å². The van der Waals surface area contributed by atoms with Crippen LogP contribution in [-0.4, -0.2) is 44.5 Å². The van der Waals surface area contributed by atoms with Crippen LogP contribution in [0.5, 0.6) is 0 Å². The summed E-state index contributed by atoms with van der Waals surface area (Å²) in [5.74, 6) is -0.131. The molecule has 0 aromatic carbocycles. The second kappa shape index (κ2) is 8.71. The van der Waals surface area contributed by atoms with Crippen LogP contribution in [0.3, 0.4) is 0 Å². The second-order valence-electron chi connectivity index (χ2n) is 7.92. The third-order valence-electron chi connectivity index (χ3n) is 5.81. The van der Waals surface area contributed by atoms with Gasteiger partial charge in [0.15, 0.2) is 5.65 Å². The van der Waals surface area contributed by atoms with Gasteiger partial charge >= 0.3 is 0 Å². The quantitative estimate of drug-likeness (QED) is 0.631. The molecule has 0 atom stereocenters. The highest BCUT2D eigenvalue weighted by atomic mass is 16.2. The lowest BCUT2D eigenvalue weighted by molar-refractivity contribution is -0.116. The van der Waals surface area contributed by atoms with E-state index in [1.807, 2.05) is 32.2 Å². The van der Waals surface area contributed by atoms with Crippen LogP contribution in [0.2, 0.25) is 0 Å². The number of aryl methyl sites for hydroxylation is 2. The molecule has 1 saturated heterocycles. The van der Waals surface area contributed by atoms with Crippen molar-refractivity contribution in [3.63, 3.8) is 0 Å². The smallest absolute Gasteiger partial charge is 0.254 e. The van der Waals surface area contributed by atoms with Crippen LogP contribution >= 0.6 is 0 Å². The van der Waals surface area contributed by atoms with Crippen LogP contribution in [0, 0.1) is 13.8 Å². The van der Waals surface area contributed by atoms with E-state index in [1.54, 1.807) is 4.52 Å². The molecule has 3 aromatic heterocycles. The summed E-state index contributed by atoms with van der Waals surface area (Å²) in [6, 6.07) is 3.86. The molecule has 0 aliphatic carbocycles. The number of nitrogens with two attached hydrogens (primary N) is 1. The van der Waals surface area contributed by atoms with E-state index in [1.165, 1.54) is 25.5 Å². The van der Waals surface area contributed by atoms with Crippen molar-refractivity contribution >= 4 is 29.0 Å². The highest BCUT2D eigenvalue weighted by Gasteiger charge is 2.17. The van der Waals surface area contributed by atoms with Crippen LogP contribution in [-0.2, 0) is 11.2 Å². The lowest BCUT2D eigenvalue weighted by Crippen LogP contribution is -2.29. The van der Waals surface area contributed by atoms with Crippen molar-refractivity contribution in [2.75, 3.05) is 23.3 Å².